The van der Waals surface area contributed by atoms with E-state index in [1.165, 1.54) is 12.1 Å². The fraction of sp³-hybridized carbons (Fsp3) is 0.273. The summed E-state index contributed by atoms with van der Waals surface area (Å²) in [5.41, 5.74) is -1.46. The summed E-state index contributed by atoms with van der Waals surface area (Å²) in [7, 11) is 1.14. The Morgan fingerprint density at radius 1 is 1.50 bits per heavy atom. The summed E-state index contributed by atoms with van der Waals surface area (Å²) in [6.45, 7) is 0. The molecule has 3 nitrogen and oxygen atoms in total. The second kappa shape index (κ2) is 5.40. The average Bonchev–Trinajstić information content (AvgIpc) is 2.29. The van der Waals surface area contributed by atoms with E-state index in [0.29, 0.717) is 0 Å². The molecule has 0 aliphatic heterocycles. The normalized spacial score (nSPS) is 10.9. The largest absolute Gasteiger partial charge is 0.469 e. The second-order valence-corrected chi connectivity index (χ2v) is 4.12. The molecule has 0 unspecified atom stereocenters. The van der Waals surface area contributed by atoms with Gasteiger partial charge in [-0.2, -0.15) is 18.4 Å². The molecule has 0 atom stereocenters. The van der Waals surface area contributed by atoms with Crippen molar-refractivity contribution in [1.82, 2.24) is 0 Å². The van der Waals surface area contributed by atoms with Crippen LogP contribution in [-0.2, 0) is 22.1 Å². The molecule has 96 valence electrons. The molecule has 7 heteroatoms. The van der Waals surface area contributed by atoms with Crippen LogP contribution in [0, 0.1) is 11.3 Å². The molecule has 0 saturated heterocycles. The van der Waals surface area contributed by atoms with Crippen molar-refractivity contribution in [3.63, 3.8) is 0 Å². The van der Waals surface area contributed by atoms with Crippen LogP contribution in [-0.4, -0.2) is 13.1 Å². The van der Waals surface area contributed by atoms with Crippen molar-refractivity contribution in [1.29, 1.82) is 5.26 Å². The summed E-state index contributed by atoms with van der Waals surface area (Å²) in [5, 5.41) is 8.66. The molecule has 0 N–H and O–H groups in total. The third kappa shape index (κ3) is 3.01. The number of halogens is 4. The maximum Gasteiger partial charge on any atom is 0.418 e. The van der Waals surface area contributed by atoms with E-state index >= 15 is 0 Å². The highest BCUT2D eigenvalue weighted by Crippen LogP contribution is 2.39. The minimum absolute atomic E-state index is 0.119. The maximum absolute atomic E-state index is 12.8. The topological polar surface area (TPSA) is 50.1 Å². The molecule has 0 radical (unpaired) electrons. The van der Waals surface area contributed by atoms with Gasteiger partial charge in [-0.1, -0.05) is 6.07 Å². The van der Waals surface area contributed by atoms with Crippen LogP contribution >= 0.6 is 15.9 Å². The molecule has 0 heterocycles. The van der Waals surface area contributed by atoms with Crippen molar-refractivity contribution in [2.45, 2.75) is 12.6 Å². The highest BCUT2D eigenvalue weighted by atomic mass is 79.9. The minimum Gasteiger partial charge on any atom is -0.469 e. The molecule has 1 aromatic rings. The lowest BCUT2D eigenvalue weighted by atomic mass is 10.0. The van der Waals surface area contributed by atoms with E-state index in [2.05, 4.69) is 20.7 Å². The van der Waals surface area contributed by atoms with Crippen molar-refractivity contribution in [2.24, 2.45) is 0 Å². The Morgan fingerprint density at radius 3 is 2.56 bits per heavy atom. The van der Waals surface area contributed by atoms with Crippen LogP contribution in [0.4, 0.5) is 13.2 Å². The van der Waals surface area contributed by atoms with E-state index < -0.39 is 23.3 Å². The Kier molecular flexibility index (Phi) is 4.35. The van der Waals surface area contributed by atoms with E-state index in [1.54, 1.807) is 0 Å². The fourth-order valence-electron chi connectivity index (χ4n) is 1.35. The lowest BCUT2D eigenvalue weighted by Gasteiger charge is -2.13. The predicted octanol–water partition coefficient (Wildman–Crippen LogP) is 3.06. The van der Waals surface area contributed by atoms with Gasteiger partial charge in [-0.05, 0) is 27.6 Å². The Labute approximate surface area is 109 Å². The maximum atomic E-state index is 12.8. The van der Waals surface area contributed by atoms with Crippen LogP contribution in [0.25, 0.3) is 0 Å². The van der Waals surface area contributed by atoms with Crippen LogP contribution in [0.1, 0.15) is 16.7 Å². The molecular weight excluding hydrogens is 315 g/mol. The van der Waals surface area contributed by atoms with E-state index in [4.69, 9.17) is 5.26 Å². The first-order valence-corrected chi connectivity index (χ1v) is 5.46. The molecule has 0 aromatic heterocycles. The van der Waals surface area contributed by atoms with Crippen LogP contribution in [0.5, 0.6) is 0 Å². The zero-order chi connectivity index (χ0) is 13.9. The summed E-state index contributed by atoms with van der Waals surface area (Å²) in [6, 6.07) is 3.79. The Morgan fingerprint density at radius 2 is 2.11 bits per heavy atom. The number of carbonyl (C=O) groups is 1. The molecule has 0 bridgehead atoms. The van der Waals surface area contributed by atoms with Gasteiger partial charge in [0.2, 0.25) is 0 Å². The summed E-state index contributed by atoms with van der Waals surface area (Å²) >= 11 is 2.79. The van der Waals surface area contributed by atoms with Gasteiger partial charge in [0.15, 0.2) is 0 Å². The second-order valence-electron chi connectivity index (χ2n) is 3.32. The number of hydrogen-bond donors (Lipinski definition) is 0. The molecule has 1 rings (SSSR count). The minimum atomic E-state index is -4.67. The van der Waals surface area contributed by atoms with Crippen molar-refractivity contribution in [2.75, 3.05) is 7.11 Å². The zero-order valence-corrected chi connectivity index (χ0v) is 10.7. The number of alkyl halides is 3. The van der Waals surface area contributed by atoms with Crippen LogP contribution in [0.2, 0.25) is 0 Å². The van der Waals surface area contributed by atoms with Gasteiger partial charge in [0.25, 0.3) is 0 Å². The number of carbonyl (C=O) groups excluding carboxylic acids is 1. The summed E-state index contributed by atoms with van der Waals surface area (Å²) < 4.78 is 42.5. The number of nitrogens with zero attached hydrogens (tertiary/aromatic N) is 1. The van der Waals surface area contributed by atoms with Gasteiger partial charge in [0.1, 0.15) is 0 Å². The molecule has 0 aliphatic rings. The number of ether oxygens (including phenoxy) is 1. The number of benzene rings is 1. The molecule has 1 aromatic carbocycles. The van der Waals surface area contributed by atoms with Crippen LogP contribution < -0.4 is 0 Å². The number of rotatable bonds is 2. The van der Waals surface area contributed by atoms with Gasteiger partial charge in [0, 0.05) is 4.47 Å². The van der Waals surface area contributed by atoms with Crippen molar-refractivity contribution in [3.05, 3.63) is 33.3 Å². The fourth-order valence-corrected chi connectivity index (χ4v) is 2.06. The molecule has 0 saturated carbocycles. The van der Waals surface area contributed by atoms with Crippen LogP contribution in [0.15, 0.2) is 16.6 Å². The average molecular weight is 322 g/mol. The van der Waals surface area contributed by atoms with E-state index in [9.17, 15) is 18.0 Å². The van der Waals surface area contributed by atoms with Crippen molar-refractivity contribution in [3.8, 4) is 6.07 Å². The smallest absolute Gasteiger partial charge is 0.418 e. The number of hydrogen-bond acceptors (Lipinski definition) is 3. The van der Waals surface area contributed by atoms with Gasteiger partial charge in [-0.25, -0.2) is 0 Å². The van der Waals surface area contributed by atoms with Gasteiger partial charge >= 0.3 is 12.1 Å². The third-order valence-electron chi connectivity index (χ3n) is 2.19. The Balaban J connectivity index is 3.36. The highest BCUT2D eigenvalue weighted by molar-refractivity contribution is 9.10. The number of nitriles is 1. The van der Waals surface area contributed by atoms with Gasteiger partial charge < -0.3 is 4.74 Å². The first kappa shape index (κ1) is 14.5. The van der Waals surface area contributed by atoms with Crippen LogP contribution in [0.3, 0.4) is 0 Å². The van der Waals surface area contributed by atoms with Crippen molar-refractivity contribution < 1.29 is 22.7 Å². The lowest BCUT2D eigenvalue weighted by Crippen LogP contribution is -2.12. The van der Waals surface area contributed by atoms with Gasteiger partial charge in [-0.3, -0.25) is 4.79 Å². The molecule has 0 aliphatic carbocycles. The monoisotopic (exact) mass is 321 g/mol. The Hall–Kier alpha value is -1.55. The highest BCUT2D eigenvalue weighted by Gasteiger charge is 2.37. The van der Waals surface area contributed by atoms with E-state index in [1.807, 2.05) is 0 Å². The van der Waals surface area contributed by atoms with E-state index in [0.717, 1.165) is 13.2 Å². The zero-order valence-electron chi connectivity index (χ0n) is 9.14. The third-order valence-corrected chi connectivity index (χ3v) is 3.09. The summed E-state index contributed by atoms with van der Waals surface area (Å²) in [6.07, 6.45) is -4.97. The van der Waals surface area contributed by atoms with Gasteiger partial charge in [-0.15, -0.1) is 0 Å². The lowest BCUT2D eigenvalue weighted by molar-refractivity contribution is -0.141. The number of esters is 1. The Bertz CT molecular complexity index is 520. The molecule has 0 amide bonds. The quantitative estimate of drug-likeness (QED) is 0.787. The van der Waals surface area contributed by atoms with E-state index in [-0.39, 0.29) is 16.5 Å². The molecular formula is C11H7BrF3NO2. The first-order valence-electron chi connectivity index (χ1n) is 4.66. The first-order chi connectivity index (χ1) is 8.31. The summed E-state index contributed by atoms with van der Waals surface area (Å²) in [5.74, 6) is -0.659. The summed E-state index contributed by atoms with van der Waals surface area (Å²) in [4.78, 5) is 11.1. The van der Waals surface area contributed by atoms with Gasteiger partial charge in [0.05, 0.1) is 30.7 Å². The molecule has 0 fully saturated rings. The van der Waals surface area contributed by atoms with Crippen molar-refractivity contribution >= 4 is 21.9 Å². The predicted molar refractivity (Wildman–Crippen MR) is 59.6 cm³/mol. The standard InChI is InChI=1S/C11H7BrF3NO2/c1-18-8(17)4-6-2-3-7(5-16)9(10(6)12)11(13,14)15/h2-3H,4H2,1H3. The SMILES string of the molecule is COC(=O)Cc1ccc(C#N)c(C(F)(F)F)c1Br. The molecule has 18 heavy (non-hydrogen) atoms. The number of methoxy groups -OCH3 is 1. The molecule has 0 spiro atoms.